The summed E-state index contributed by atoms with van der Waals surface area (Å²) < 4.78 is 13.3. The van der Waals surface area contributed by atoms with Gasteiger partial charge in [-0.15, -0.1) is 0 Å². The molecule has 10 heteroatoms. The van der Waals surface area contributed by atoms with Crippen molar-refractivity contribution < 1.29 is 14.3 Å². The molecule has 184 valence electrons. The van der Waals surface area contributed by atoms with Crippen LogP contribution in [-0.2, 0) is 4.79 Å². The number of aliphatic hydroxyl groups is 1. The number of hydrogen-bond donors (Lipinski definition) is 4. The summed E-state index contributed by atoms with van der Waals surface area (Å²) in [5, 5.41) is 22.8. The molecule has 0 radical (unpaired) electrons. The molecule has 0 atom stereocenters. The van der Waals surface area contributed by atoms with E-state index in [1.807, 2.05) is 13.8 Å². The second kappa shape index (κ2) is 10.5. The zero-order valence-corrected chi connectivity index (χ0v) is 19.8. The van der Waals surface area contributed by atoms with E-state index in [-0.39, 0.29) is 23.5 Å². The van der Waals surface area contributed by atoms with Crippen molar-refractivity contribution in [2.24, 2.45) is 28.3 Å². The zero-order valence-electron chi connectivity index (χ0n) is 19.8. The Morgan fingerprint density at radius 2 is 2.12 bits per heavy atom. The van der Waals surface area contributed by atoms with Crippen LogP contribution in [0.3, 0.4) is 0 Å². The molecule has 2 heterocycles. The lowest BCUT2D eigenvalue weighted by Crippen LogP contribution is -2.53. The standard InChI is InChI=1S/C24H34FN7O2/c1-23(2,34)17-11-16(12-17)15-32-9-5-24(4-7-26,6-10-32)30-14-19(22(28)33)21(27)31-18-3-8-29-20(25)13-18/h3,8,13-14,16-17,30,34H,4-6,9-12,15H2,1-2H3,(H2,28,33)(H2,27,29,31)/b19-14+. The highest BCUT2D eigenvalue weighted by Gasteiger charge is 2.40. The summed E-state index contributed by atoms with van der Waals surface area (Å²) in [6.07, 6.45) is 6.44. The second-order valence-electron chi connectivity index (χ2n) is 10.0. The summed E-state index contributed by atoms with van der Waals surface area (Å²) in [4.78, 5) is 21.9. The largest absolute Gasteiger partial charge is 0.390 e. The van der Waals surface area contributed by atoms with Gasteiger partial charge in [-0.3, -0.25) is 4.79 Å². The smallest absolute Gasteiger partial charge is 0.253 e. The number of aliphatic imine (C=N–C) groups is 1. The first-order valence-electron chi connectivity index (χ1n) is 11.6. The number of carbonyl (C=O) groups excluding carboxylic acids is 1. The van der Waals surface area contributed by atoms with Crippen LogP contribution >= 0.6 is 0 Å². The van der Waals surface area contributed by atoms with Crippen LogP contribution in [0.1, 0.15) is 46.0 Å². The van der Waals surface area contributed by atoms with Crippen LogP contribution in [0.5, 0.6) is 0 Å². The lowest BCUT2D eigenvalue weighted by molar-refractivity contribution is -0.114. The van der Waals surface area contributed by atoms with Gasteiger partial charge in [-0.05, 0) is 57.4 Å². The van der Waals surface area contributed by atoms with Crippen molar-refractivity contribution in [2.75, 3.05) is 19.6 Å². The van der Waals surface area contributed by atoms with Crippen molar-refractivity contribution in [1.29, 1.82) is 5.26 Å². The number of amides is 1. The fourth-order valence-corrected chi connectivity index (χ4v) is 4.67. The first kappa shape index (κ1) is 25.6. The minimum absolute atomic E-state index is 0.0379. The number of amidine groups is 1. The van der Waals surface area contributed by atoms with Gasteiger partial charge in [-0.1, -0.05) is 0 Å². The van der Waals surface area contributed by atoms with Crippen molar-refractivity contribution in [3.05, 3.63) is 36.1 Å². The summed E-state index contributed by atoms with van der Waals surface area (Å²) in [6, 6.07) is 4.80. The van der Waals surface area contributed by atoms with Crippen molar-refractivity contribution in [1.82, 2.24) is 15.2 Å². The van der Waals surface area contributed by atoms with Crippen LogP contribution in [0, 0.1) is 29.1 Å². The Balaban J connectivity index is 1.63. The molecule has 1 aliphatic heterocycles. The van der Waals surface area contributed by atoms with Crippen LogP contribution in [-0.4, -0.2) is 57.5 Å². The molecular formula is C24H34FN7O2. The Labute approximate surface area is 199 Å². The summed E-state index contributed by atoms with van der Waals surface area (Å²) in [5.41, 5.74) is 10.5. The van der Waals surface area contributed by atoms with Gasteiger partial charge in [0.2, 0.25) is 5.95 Å². The molecule has 1 aromatic heterocycles. The van der Waals surface area contributed by atoms with Gasteiger partial charge in [0.25, 0.3) is 5.91 Å². The number of nitrogens with two attached hydrogens (primary N) is 2. The maximum Gasteiger partial charge on any atom is 0.253 e. The average Bonchev–Trinajstić information content (AvgIpc) is 2.71. The Morgan fingerprint density at radius 3 is 2.68 bits per heavy atom. The number of primary amides is 1. The molecule has 3 rings (SSSR count). The molecule has 9 nitrogen and oxygen atoms in total. The van der Waals surface area contributed by atoms with Gasteiger partial charge in [-0.25, -0.2) is 9.98 Å². The number of aromatic nitrogens is 1. The highest BCUT2D eigenvalue weighted by molar-refractivity contribution is 6.20. The van der Waals surface area contributed by atoms with Gasteiger partial charge in [0.05, 0.1) is 34.9 Å². The SMILES string of the molecule is CC(C)(O)C1CC(CN2CCC(CC#N)(N/C=C(/C(N)=O)C(N)=Nc3ccnc(F)c3)CC2)C1. The van der Waals surface area contributed by atoms with E-state index in [1.165, 1.54) is 18.5 Å². The van der Waals surface area contributed by atoms with Crippen LogP contribution in [0.15, 0.2) is 35.1 Å². The van der Waals surface area contributed by atoms with E-state index >= 15 is 0 Å². The van der Waals surface area contributed by atoms with Gasteiger partial charge in [0.15, 0.2) is 0 Å². The van der Waals surface area contributed by atoms with Crippen LogP contribution in [0.4, 0.5) is 10.1 Å². The van der Waals surface area contributed by atoms with Crippen molar-refractivity contribution in [2.45, 2.75) is 57.1 Å². The number of piperidine rings is 1. The van der Waals surface area contributed by atoms with Crippen molar-refractivity contribution in [3.63, 3.8) is 0 Å². The molecule has 0 unspecified atom stereocenters. The number of nitriles is 1. The Bertz CT molecular complexity index is 982. The average molecular weight is 472 g/mol. The molecule has 1 aliphatic carbocycles. The van der Waals surface area contributed by atoms with Gasteiger partial charge in [0, 0.05) is 38.1 Å². The molecule has 1 aromatic rings. The van der Waals surface area contributed by atoms with E-state index in [1.54, 1.807) is 0 Å². The molecular weight excluding hydrogens is 437 g/mol. The molecule has 2 fully saturated rings. The van der Waals surface area contributed by atoms with Crippen molar-refractivity contribution in [3.8, 4) is 6.07 Å². The number of halogens is 1. The molecule has 0 spiro atoms. The van der Waals surface area contributed by atoms with Gasteiger partial charge < -0.3 is 26.8 Å². The third-order valence-electron chi connectivity index (χ3n) is 7.01. The third-order valence-corrected chi connectivity index (χ3v) is 7.01. The number of carbonyl (C=O) groups is 1. The van der Waals surface area contributed by atoms with E-state index in [0.717, 1.165) is 51.4 Å². The number of pyridine rings is 1. The quantitative estimate of drug-likeness (QED) is 0.185. The molecule has 2 aliphatic rings. The topological polar surface area (TPSA) is 154 Å². The van der Waals surface area contributed by atoms with E-state index < -0.39 is 23.0 Å². The predicted octanol–water partition coefficient (Wildman–Crippen LogP) is 1.71. The highest BCUT2D eigenvalue weighted by atomic mass is 19.1. The maximum absolute atomic E-state index is 13.3. The predicted molar refractivity (Wildman–Crippen MR) is 127 cm³/mol. The van der Waals surface area contributed by atoms with Crippen LogP contribution in [0.2, 0.25) is 0 Å². The molecule has 6 N–H and O–H groups in total. The Kier molecular flexibility index (Phi) is 7.89. The summed E-state index contributed by atoms with van der Waals surface area (Å²) in [6.45, 7) is 6.37. The number of nitrogens with one attached hydrogen (secondary N) is 1. The fourth-order valence-electron chi connectivity index (χ4n) is 4.67. The minimum Gasteiger partial charge on any atom is -0.390 e. The molecule has 1 saturated carbocycles. The Hall–Kier alpha value is -3.03. The lowest BCUT2D eigenvalue weighted by Gasteiger charge is -2.47. The van der Waals surface area contributed by atoms with E-state index in [9.17, 15) is 19.6 Å². The molecule has 0 bridgehead atoms. The molecule has 0 aromatic carbocycles. The molecule has 1 amide bonds. The summed E-state index contributed by atoms with van der Waals surface area (Å²) in [7, 11) is 0. The van der Waals surface area contributed by atoms with E-state index in [0.29, 0.717) is 11.8 Å². The lowest BCUT2D eigenvalue weighted by atomic mass is 9.67. The van der Waals surface area contributed by atoms with Gasteiger partial charge in [0.1, 0.15) is 5.84 Å². The van der Waals surface area contributed by atoms with Crippen LogP contribution in [0.25, 0.3) is 0 Å². The normalized spacial score (nSPS) is 23.6. The van der Waals surface area contributed by atoms with Crippen LogP contribution < -0.4 is 16.8 Å². The molecule has 34 heavy (non-hydrogen) atoms. The zero-order chi connectivity index (χ0) is 24.9. The highest BCUT2D eigenvalue weighted by Crippen LogP contribution is 2.41. The summed E-state index contributed by atoms with van der Waals surface area (Å²) >= 11 is 0. The first-order valence-corrected chi connectivity index (χ1v) is 11.6. The first-order chi connectivity index (χ1) is 16.0. The maximum atomic E-state index is 13.3. The van der Waals surface area contributed by atoms with Gasteiger partial charge in [-0.2, -0.15) is 9.65 Å². The third kappa shape index (κ3) is 6.52. The number of likely N-dealkylation sites (tertiary alicyclic amines) is 1. The molecule has 1 saturated heterocycles. The monoisotopic (exact) mass is 471 g/mol. The summed E-state index contributed by atoms with van der Waals surface area (Å²) in [5.74, 6) is -0.701. The number of rotatable bonds is 9. The van der Waals surface area contributed by atoms with Crippen molar-refractivity contribution >= 4 is 17.4 Å². The second-order valence-corrected chi connectivity index (χ2v) is 10.0. The number of hydrogen-bond acceptors (Lipinski definition) is 7. The van der Waals surface area contributed by atoms with E-state index in [2.05, 4.69) is 26.3 Å². The van der Waals surface area contributed by atoms with Gasteiger partial charge >= 0.3 is 0 Å². The Morgan fingerprint density at radius 1 is 1.44 bits per heavy atom. The number of nitrogens with zero attached hydrogens (tertiary/aromatic N) is 4. The minimum atomic E-state index is -0.779. The fraction of sp³-hybridized carbons (Fsp3) is 0.583. The van der Waals surface area contributed by atoms with E-state index in [4.69, 9.17) is 11.5 Å².